The molecule has 28 heavy (non-hydrogen) atoms. The van der Waals surface area contributed by atoms with Gasteiger partial charge in [-0.3, -0.25) is 4.79 Å². The van der Waals surface area contributed by atoms with Crippen molar-refractivity contribution in [2.24, 2.45) is 0 Å². The molecule has 0 spiro atoms. The first kappa shape index (κ1) is 18.5. The Labute approximate surface area is 174 Å². The number of fused-ring (bicyclic) bond motifs is 1. The second-order valence-electron chi connectivity index (χ2n) is 6.30. The third-order valence-electron chi connectivity index (χ3n) is 4.20. The highest BCUT2D eigenvalue weighted by atomic mass is 79.9. The lowest BCUT2D eigenvalue weighted by molar-refractivity contribution is 0.102. The van der Waals surface area contributed by atoms with Gasteiger partial charge in [0, 0.05) is 10.2 Å². The average Bonchev–Trinajstić information content (AvgIpc) is 3.08. The number of phenolic OH excluding ortho intramolecular Hbond substituents is 1. The maximum absolute atomic E-state index is 12.6. The predicted molar refractivity (Wildman–Crippen MR) is 113 cm³/mol. The maximum Gasteiger partial charge on any atom is 0.257 e. The summed E-state index contributed by atoms with van der Waals surface area (Å²) in [5, 5.41) is 13.4. The van der Waals surface area contributed by atoms with E-state index in [0.717, 1.165) is 10.0 Å². The molecule has 0 aliphatic carbocycles. The number of halogens is 2. The van der Waals surface area contributed by atoms with E-state index in [2.05, 4.69) is 26.2 Å². The molecule has 0 aliphatic heterocycles. The molecule has 0 unspecified atom stereocenters. The molecule has 7 heteroatoms. The van der Waals surface area contributed by atoms with E-state index in [9.17, 15) is 9.90 Å². The molecule has 0 radical (unpaired) electrons. The van der Waals surface area contributed by atoms with E-state index in [-0.39, 0.29) is 17.5 Å². The molecule has 2 N–H and O–H groups in total. The van der Waals surface area contributed by atoms with E-state index in [4.69, 9.17) is 16.0 Å². The molecule has 0 bridgehead atoms. The lowest BCUT2D eigenvalue weighted by Crippen LogP contribution is -2.12. The number of anilines is 1. The number of hydrogen-bond acceptors (Lipinski definition) is 4. The Morgan fingerprint density at radius 1 is 1.14 bits per heavy atom. The van der Waals surface area contributed by atoms with Crippen LogP contribution in [0.2, 0.25) is 5.02 Å². The molecule has 0 fully saturated rings. The van der Waals surface area contributed by atoms with Gasteiger partial charge in [0.1, 0.15) is 11.3 Å². The molecule has 0 aliphatic rings. The van der Waals surface area contributed by atoms with Gasteiger partial charge in [-0.2, -0.15) is 0 Å². The van der Waals surface area contributed by atoms with Gasteiger partial charge < -0.3 is 14.8 Å². The van der Waals surface area contributed by atoms with E-state index < -0.39 is 0 Å². The third-order valence-corrected chi connectivity index (χ3v) is 5.02. The normalized spacial score (nSPS) is 11.0. The molecule has 5 nitrogen and oxygen atoms in total. The number of rotatable bonds is 3. The summed E-state index contributed by atoms with van der Waals surface area (Å²) in [5.74, 6) is -0.0902. The SMILES string of the molecule is Cc1ccc2oc(-c3cc(NC(=O)c4cc(Br)ccc4Cl)ccc3O)nc2c1. The summed E-state index contributed by atoms with van der Waals surface area (Å²) in [7, 11) is 0. The first-order valence-corrected chi connectivity index (χ1v) is 9.55. The number of nitrogens with zero attached hydrogens (tertiary/aromatic N) is 1. The summed E-state index contributed by atoms with van der Waals surface area (Å²) in [6.45, 7) is 1.97. The van der Waals surface area contributed by atoms with E-state index in [1.807, 2.05) is 25.1 Å². The quantitative estimate of drug-likeness (QED) is 0.360. The Hall–Kier alpha value is -2.83. The van der Waals surface area contributed by atoms with Crippen LogP contribution in [0.3, 0.4) is 0 Å². The number of aromatic nitrogens is 1. The first-order valence-electron chi connectivity index (χ1n) is 8.38. The summed E-state index contributed by atoms with van der Waals surface area (Å²) < 4.78 is 6.50. The molecule has 0 saturated heterocycles. The van der Waals surface area contributed by atoms with Crippen LogP contribution in [0.1, 0.15) is 15.9 Å². The van der Waals surface area contributed by atoms with Crippen LogP contribution in [0, 0.1) is 6.92 Å². The Balaban J connectivity index is 1.68. The van der Waals surface area contributed by atoms with Crippen molar-refractivity contribution < 1.29 is 14.3 Å². The highest BCUT2D eigenvalue weighted by Gasteiger charge is 2.16. The number of hydrogen-bond donors (Lipinski definition) is 2. The number of aryl methyl sites for hydroxylation is 1. The molecular formula is C21H14BrClN2O3. The molecule has 3 aromatic carbocycles. The van der Waals surface area contributed by atoms with Gasteiger partial charge in [0.2, 0.25) is 5.89 Å². The van der Waals surface area contributed by atoms with Crippen molar-refractivity contribution in [1.82, 2.24) is 4.98 Å². The molecule has 4 aromatic rings. The molecule has 1 amide bonds. The van der Waals surface area contributed by atoms with Crippen LogP contribution in [0.15, 0.2) is 63.5 Å². The number of oxazole rings is 1. The van der Waals surface area contributed by atoms with E-state index in [1.165, 1.54) is 6.07 Å². The lowest BCUT2D eigenvalue weighted by Gasteiger charge is -2.09. The molecule has 140 valence electrons. The minimum absolute atomic E-state index is 0.00163. The number of nitrogens with one attached hydrogen (secondary N) is 1. The minimum Gasteiger partial charge on any atom is -0.507 e. The summed E-state index contributed by atoms with van der Waals surface area (Å²) in [5.41, 5.74) is 3.57. The van der Waals surface area contributed by atoms with Crippen molar-refractivity contribution in [3.05, 3.63) is 75.2 Å². The zero-order chi connectivity index (χ0) is 19.8. The van der Waals surface area contributed by atoms with Gasteiger partial charge in [-0.25, -0.2) is 4.98 Å². The predicted octanol–water partition coefficient (Wildman–Crippen LogP) is 6.18. The van der Waals surface area contributed by atoms with Crippen LogP contribution in [0.4, 0.5) is 5.69 Å². The smallest absolute Gasteiger partial charge is 0.257 e. The van der Waals surface area contributed by atoms with Crippen LogP contribution >= 0.6 is 27.5 Å². The van der Waals surface area contributed by atoms with Crippen LogP contribution in [0.5, 0.6) is 5.75 Å². The fraction of sp³-hybridized carbons (Fsp3) is 0.0476. The minimum atomic E-state index is -0.365. The summed E-state index contributed by atoms with van der Waals surface area (Å²) in [6.07, 6.45) is 0. The van der Waals surface area contributed by atoms with Crippen molar-refractivity contribution in [3.63, 3.8) is 0 Å². The molecule has 0 atom stereocenters. The number of carbonyl (C=O) groups is 1. The average molecular weight is 458 g/mol. The van der Waals surface area contributed by atoms with Crippen molar-refractivity contribution in [2.75, 3.05) is 5.32 Å². The number of aromatic hydroxyl groups is 1. The molecule has 0 saturated carbocycles. The Morgan fingerprint density at radius 3 is 2.79 bits per heavy atom. The Kier molecular flexibility index (Phi) is 4.83. The molecular weight excluding hydrogens is 444 g/mol. The Bertz CT molecular complexity index is 1220. The second kappa shape index (κ2) is 7.30. The van der Waals surface area contributed by atoms with E-state index in [0.29, 0.717) is 32.9 Å². The largest absolute Gasteiger partial charge is 0.507 e. The fourth-order valence-electron chi connectivity index (χ4n) is 2.81. The van der Waals surface area contributed by atoms with Crippen molar-refractivity contribution in [2.45, 2.75) is 6.92 Å². The first-order chi connectivity index (χ1) is 13.4. The summed E-state index contributed by atoms with van der Waals surface area (Å²) in [4.78, 5) is 17.0. The third kappa shape index (κ3) is 3.61. The van der Waals surface area contributed by atoms with Gasteiger partial charge in [-0.05, 0) is 61.0 Å². The number of carbonyl (C=O) groups excluding carboxylic acids is 1. The van der Waals surface area contributed by atoms with Gasteiger partial charge >= 0.3 is 0 Å². The second-order valence-corrected chi connectivity index (χ2v) is 7.62. The number of amides is 1. The maximum atomic E-state index is 12.6. The molecule has 4 rings (SSSR count). The van der Waals surface area contributed by atoms with Crippen molar-refractivity contribution in [3.8, 4) is 17.2 Å². The van der Waals surface area contributed by atoms with Gasteiger partial charge in [-0.15, -0.1) is 0 Å². The van der Waals surface area contributed by atoms with Crippen LogP contribution < -0.4 is 5.32 Å². The number of phenols is 1. The van der Waals surface area contributed by atoms with Gasteiger partial charge in [0.25, 0.3) is 5.91 Å². The van der Waals surface area contributed by atoms with Crippen LogP contribution in [-0.4, -0.2) is 16.0 Å². The van der Waals surface area contributed by atoms with Gasteiger partial charge in [0.05, 0.1) is 16.1 Å². The zero-order valence-corrected chi connectivity index (χ0v) is 17.0. The Morgan fingerprint density at radius 2 is 1.96 bits per heavy atom. The van der Waals surface area contributed by atoms with E-state index in [1.54, 1.807) is 30.3 Å². The highest BCUT2D eigenvalue weighted by molar-refractivity contribution is 9.10. The standard InChI is InChI=1S/C21H14BrClN2O3/c1-11-2-7-19-17(8-11)25-21(28-19)15-10-13(4-6-18(15)26)24-20(27)14-9-12(22)3-5-16(14)23/h2-10,26H,1H3,(H,24,27). The monoisotopic (exact) mass is 456 g/mol. The van der Waals surface area contributed by atoms with Crippen molar-refractivity contribution in [1.29, 1.82) is 0 Å². The fourth-order valence-corrected chi connectivity index (χ4v) is 3.37. The van der Waals surface area contributed by atoms with E-state index >= 15 is 0 Å². The molecule has 1 heterocycles. The summed E-state index contributed by atoms with van der Waals surface area (Å²) in [6, 6.07) is 15.4. The lowest BCUT2D eigenvalue weighted by atomic mass is 10.1. The highest BCUT2D eigenvalue weighted by Crippen LogP contribution is 2.34. The van der Waals surface area contributed by atoms with Crippen molar-refractivity contribution >= 4 is 50.2 Å². The van der Waals surface area contributed by atoms with Crippen LogP contribution in [-0.2, 0) is 0 Å². The summed E-state index contributed by atoms with van der Waals surface area (Å²) >= 11 is 9.45. The van der Waals surface area contributed by atoms with Gasteiger partial charge in [-0.1, -0.05) is 33.6 Å². The zero-order valence-electron chi connectivity index (χ0n) is 14.7. The molecule has 1 aromatic heterocycles. The number of benzene rings is 3. The van der Waals surface area contributed by atoms with Gasteiger partial charge in [0.15, 0.2) is 5.58 Å². The van der Waals surface area contributed by atoms with Crippen LogP contribution in [0.25, 0.3) is 22.6 Å². The topological polar surface area (TPSA) is 75.4 Å².